The lowest BCUT2D eigenvalue weighted by Gasteiger charge is -2.29. The molecule has 0 bridgehead atoms. The second kappa shape index (κ2) is 6.35. The van der Waals surface area contributed by atoms with Crippen molar-refractivity contribution in [2.24, 2.45) is 0 Å². The van der Waals surface area contributed by atoms with Crippen molar-refractivity contribution < 1.29 is 9.18 Å². The molecule has 0 aromatic heterocycles. The molecule has 0 spiro atoms. The number of carbonyl (C=O) groups is 1. The maximum Gasteiger partial charge on any atom is 0.240 e. The number of amides is 1. The number of nitrogens with one attached hydrogen (secondary N) is 2. The van der Waals surface area contributed by atoms with E-state index < -0.39 is 5.54 Å². The number of hydrogen-bond acceptors (Lipinski definition) is 2. The molecule has 110 valence electrons. The minimum Gasteiger partial charge on any atom is -0.348 e. The minimum absolute atomic E-state index is 0.00685. The lowest BCUT2D eigenvalue weighted by atomic mass is 9.90. The number of halogens is 1. The van der Waals surface area contributed by atoms with Gasteiger partial charge < -0.3 is 10.6 Å². The maximum atomic E-state index is 13.7. The molecule has 1 saturated heterocycles. The Balaban J connectivity index is 2.08. The van der Waals surface area contributed by atoms with Crippen LogP contribution in [0.5, 0.6) is 0 Å². The third-order valence-electron chi connectivity index (χ3n) is 4.07. The normalized spacial score (nSPS) is 23.6. The van der Waals surface area contributed by atoms with E-state index in [2.05, 4.69) is 17.6 Å². The molecule has 0 aliphatic carbocycles. The van der Waals surface area contributed by atoms with Crippen LogP contribution in [-0.2, 0) is 4.79 Å². The van der Waals surface area contributed by atoms with Crippen LogP contribution in [0.15, 0.2) is 24.3 Å². The summed E-state index contributed by atoms with van der Waals surface area (Å²) in [5.41, 5.74) is 0.0688. The largest absolute Gasteiger partial charge is 0.348 e. The summed E-state index contributed by atoms with van der Waals surface area (Å²) in [7, 11) is 0. The van der Waals surface area contributed by atoms with Gasteiger partial charge in [0.05, 0.1) is 11.6 Å². The van der Waals surface area contributed by atoms with E-state index in [1.54, 1.807) is 18.2 Å². The Morgan fingerprint density at radius 3 is 2.85 bits per heavy atom. The molecule has 20 heavy (non-hydrogen) atoms. The predicted octanol–water partition coefficient (Wildman–Crippen LogP) is 2.93. The van der Waals surface area contributed by atoms with Gasteiger partial charge >= 0.3 is 0 Å². The summed E-state index contributed by atoms with van der Waals surface area (Å²) in [5, 5.41) is 6.30. The lowest BCUT2D eigenvalue weighted by molar-refractivity contribution is -0.128. The van der Waals surface area contributed by atoms with E-state index in [4.69, 9.17) is 0 Å². The Morgan fingerprint density at radius 2 is 2.25 bits per heavy atom. The van der Waals surface area contributed by atoms with Gasteiger partial charge in [-0.3, -0.25) is 4.79 Å². The Morgan fingerprint density at radius 1 is 1.50 bits per heavy atom. The van der Waals surface area contributed by atoms with E-state index in [0.29, 0.717) is 5.56 Å². The van der Waals surface area contributed by atoms with Crippen LogP contribution in [0.1, 0.15) is 51.1 Å². The van der Waals surface area contributed by atoms with Crippen molar-refractivity contribution in [3.63, 3.8) is 0 Å². The van der Waals surface area contributed by atoms with Gasteiger partial charge in [0.15, 0.2) is 0 Å². The smallest absolute Gasteiger partial charge is 0.240 e. The molecule has 2 atom stereocenters. The summed E-state index contributed by atoms with van der Waals surface area (Å²) in [4.78, 5) is 12.6. The van der Waals surface area contributed by atoms with Crippen molar-refractivity contribution in [2.45, 2.75) is 51.1 Å². The third-order valence-corrected chi connectivity index (χ3v) is 4.07. The topological polar surface area (TPSA) is 41.1 Å². The Bertz CT molecular complexity index is 469. The molecular formula is C16H23FN2O. The van der Waals surface area contributed by atoms with Gasteiger partial charge in [-0.15, -0.1) is 0 Å². The monoisotopic (exact) mass is 278 g/mol. The van der Waals surface area contributed by atoms with Crippen molar-refractivity contribution >= 4 is 5.91 Å². The molecule has 1 aliphatic heterocycles. The maximum absolute atomic E-state index is 13.7. The molecule has 1 aromatic carbocycles. The Kier molecular flexibility index (Phi) is 4.76. The molecule has 2 rings (SSSR count). The van der Waals surface area contributed by atoms with E-state index in [1.165, 1.54) is 6.07 Å². The molecule has 0 radical (unpaired) electrons. The van der Waals surface area contributed by atoms with Crippen LogP contribution in [0, 0.1) is 5.82 Å². The fourth-order valence-electron chi connectivity index (χ4n) is 2.99. The van der Waals surface area contributed by atoms with Crippen LogP contribution in [0.25, 0.3) is 0 Å². The van der Waals surface area contributed by atoms with Gasteiger partial charge in [0.1, 0.15) is 5.82 Å². The van der Waals surface area contributed by atoms with Crippen molar-refractivity contribution in [1.29, 1.82) is 0 Å². The van der Waals surface area contributed by atoms with Gasteiger partial charge in [0.25, 0.3) is 0 Å². The van der Waals surface area contributed by atoms with Gasteiger partial charge in [-0.1, -0.05) is 31.5 Å². The van der Waals surface area contributed by atoms with Gasteiger partial charge in [0, 0.05) is 5.56 Å². The van der Waals surface area contributed by atoms with Crippen LogP contribution in [-0.4, -0.2) is 18.0 Å². The highest BCUT2D eigenvalue weighted by atomic mass is 19.1. The highest BCUT2D eigenvalue weighted by Gasteiger charge is 2.40. The van der Waals surface area contributed by atoms with Crippen LogP contribution in [0.3, 0.4) is 0 Å². The summed E-state index contributed by atoms with van der Waals surface area (Å²) < 4.78 is 13.7. The first-order valence-electron chi connectivity index (χ1n) is 7.39. The fourth-order valence-corrected chi connectivity index (χ4v) is 2.99. The minimum atomic E-state index is -0.464. The average Bonchev–Trinajstić information content (AvgIpc) is 2.89. The zero-order valence-corrected chi connectivity index (χ0v) is 12.2. The van der Waals surface area contributed by atoms with E-state index in [-0.39, 0.29) is 17.8 Å². The quantitative estimate of drug-likeness (QED) is 0.869. The van der Waals surface area contributed by atoms with Crippen molar-refractivity contribution in [3.8, 4) is 0 Å². The van der Waals surface area contributed by atoms with E-state index >= 15 is 0 Å². The van der Waals surface area contributed by atoms with E-state index in [0.717, 1.165) is 32.2 Å². The summed E-state index contributed by atoms with van der Waals surface area (Å²) >= 11 is 0. The van der Waals surface area contributed by atoms with Crippen LogP contribution in [0.4, 0.5) is 4.39 Å². The molecule has 4 heteroatoms. The first-order chi connectivity index (χ1) is 9.59. The second-order valence-corrected chi connectivity index (χ2v) is 5.58. The van der Waals surface area contributed by atoms with Gasteiger partial charge in [-0.25, -0.2) is 4.39 Å². The molecule has 1 heterocycles. The van der Waals surface area contributed by atoms with Gasteiger partial charge in [0.2, 0.25) is 5.91 Å². The summed E-state index contributed by atoms with van der Waals surface area (Å²) in [6, 6.07) is 6.27. The third kappa shape index (κ3) is 3.01. The summed E-state index contributed by atoms with van der Waals surface area (Å²) in [6.45, 7) is 4.78. The molecule has 2 N–H and O–H groups in total. The number of benzene rings is 1. The first kappa shape index (κ1) is 15.0. The van der Waals surface area contributed by atoms with Crippen molar-refractivity contribution in [3.05, 3.63) is 35.6 Å². The Labute approximate surface area is 120 Å². The number of hydrogen-bond donors (Lipinski definition) is 2. The standard InChI is InChI=1S/C16H23FN2O/c1-3-9-16(10-6-11-18-16)15(20)19-12(2)13-7-4-5-8-14(13)17/h4-5,7-8,12,18H,3,6,9-11H2,1-2H3,(H,19,20). The number of rotatable bonds is 5. The SMILES string of the molecule is CCCC1(C(=O)NC(C)c2ccccc2F)CCCN1. The molecule has 0 saturated carbocycles. The molecule has 1 aliphatic rings. The second-order valence-electron chi connectivity index (χ2n) is 5.58. The summed E-state index contributed by atoms with van der Waals surface area (Å²) in [6.07, 6.45) is 3.65. The van der Waals surface area contributed by atoms with Crippen molar-refractivity contribution in [2.75, 3.05) is 6.54 Å². The van der Waals surface area contributed by atoms with Gasteiger partial charge in [-0.05, 0) is 38.8 Å². The first-order valence-corrected chi connectivity index (χ1v) is 7.39. The summed E-state index contributed by atoms with van der Waals surface area (Å²) in [5.74, 6) is -0.281. The van der Waals surface area contributed by atoms with Gasteiger partial charge in [-0.2, -0.15) is 0 Å². The molecular weight excluding hydrogens is 255 g/mol. The Hall–Kier alpha value is -1.42. The number of carbonyl (C=O) groups excluding carboxylic acids is 1. The highest BCUT2D eigenvalue weighted by molar-refractivity contribution is 5.87. The molecule has 1 amide bonds. The molecule has 1 aromatic rings. The molecule has 2 unspecified atom stereocenters. The van der Waals surface area contributed by atoms with Crippen LogP contribution in [0.2, 0.25) is 0 Å². The highest BCUT2D eigenvalue weighted by Crippen LogP contribution is 2.26. The van der Waals surface area contributed by atoms with Crippen LogP contribution < -0.4 is 10.6 Å². The van der Waals surface area contributed by atoms with Crippen LogP contribution >= 0.6 is 0 Å². The lowest BCUT2D eigenvalue weighted by Crippen LogP contribution is -2.53. The van der Waals surface area contributed by atoms with E-state index in [1.807, 2.05) is 6.92 Å². The fraction of sp³-hybridized carbons (Fsp3) is 0.562. The zero-order valence-electron chi connectivity index (χ0n) is 12.2. The zero-order chi connectivity index (χ0) is 14.6. The molecule has 1 fully saturated rings. The molecule has 3 nitrogen and oxygen atoms in total. The average molecular weight is 278 g/mol. The predicted molar refractivity (Wildman–Crippen MR) is 77.8 cm³/mol. The van der Waals surface area contributed by atoms with E-state index in [9.17, 15) is 9.18 Å². The van der Waals surface area contributed by atoms with Crippen molar-refractivity contribution in [1.82, 2.24) is 10.6 Å².